The highest BCUT2D eigenvalue weighted by Gasteiger charge is 2.00. The standard InChI is InChI=1S/C15H12N2/c1-11-16-9-15(10-17-11)14-7-6-12-4-2-3-5-13(12)8-14/h2-10H,1H3. The molecule has 1 heterocycles. The summed E-state index contributed by atoms with van der Waals surface area (Å²) < 4.78 is 0. The Morgan fingerprint density at radius 3 is 2.24 bits per heavy atom. The van der Waals surface area contributed by atoms with E-state index in [1.165, 1.54) is 10.8 Å². The summed E-state index contributed by atoms with van der Waals surface area (Å²) >= 11 is 0. The van der Waals surface area contributed by atoms with Crippen molar-refractivity contribution in [3.05, 3.63) is 60.7 Å². The predicted molar refractivity (Wildman–Crippen MR) is 69.7 cm³/mol. The molecule has 0 aliphatic carbocycles. The van der Waals surface area contributed by atoms with Gasteiger partial charge in [0.1, 0.15) is 5.82 Å². The van der Waals surface area contributed by atoms with Gasteiger partial charge in [0.2, 0.25) is 0 Å². The van der Waals surface area contributed by atoms with Gasteiger partial charge in [0.25, 0.3) is 0 Å². The number of nitrogens with zero attached hydrogens (tertiary/aromatic N) is 2. The Balaban J connectivity index is 2.14. The van der Waals surface area contributed by atoms with E-state index in [2.05, 4.69) is 52.4 Å². The van der Waals surface area contributed by atoms with Gasteiger partial charge in [-0.05, 0) is 29.3 Å². The second-order valence-electron chi connectivity index (χ2n) is 4.08. The van der Waals surface area contributed by atoms with Gasteiger partial charge in [-0.2, -0.15) is 0 Å². The molecule has 82 valence electrons. The van der Waals surface area contributed by atoms with Crippen LogP contribution in [0.5, 0.6) is 0 Å². The van der Waals surface area contributed by atoms with Gasteiger partial charge in [0.05, 0.1) is 0 Å². The maximum atomic E-state index is 4.22. The third-order valence-electron chi connectivity index (χ3n) is 2.86. The van der Waals surface area contributed by atoms with E-state index in [1.54, 1.807) is 0 Å². The van der Waals surface area contributed by atoms with Crippen LogP contribution in [-0.2, 0) is 0 Å². The van der Waals surface area contributed by atoms with Crippen LogP contribution in [0, 0.1) is 6.92 Å². The van der Waals surface area contributed by atoms with Crippen molar-refractivity contribution in [2.24, 2.45) is 0 Å². The summed E-state index contributed by atoms with van der Waals surface area (Å²) in [6.45, 7) is 1.89. The highest BCUT2D eigenvalue weighted by atomic mass is 14.8. The normalized spacial score (nSPS) is 10.6. The first-order valence-electron chi connectivity index (χ1n) is 5.61. The average molecular weight is 220 g/mol. The largest absolute Gasteiger partial charge is 0.241 e. The molecular formula is C15H12N2. The van der Waals surface area contributed by atoms with Gasteiger partial charge in [-0.3, -0.25) is 0 Å². The maximum Gasteiger partial charge on any atom is 0.125 e. The van der Waals surface area contributed by atoms with E-state index < -0.39 is 0 Å². The first-order valence-corrected chi connectivity index (χ1v) is 5.61. The predicted octanol–water partition coefficient (Wildman–Crippen LogP) is 3.61. The van der Waals surface area contributed by atoms with Crippen LogP contribution < -0.4 is 0 Å². The second kappa shape index (κ2) is 3.98. The van der Waals surface area contributed by atoms with E-state index in [0.29, 0.717) is 0 Å². The van der Waals surface area contributed by atoms with Crippen LogP contribution in [0.15, 0.2) is 54.9 Å². The van der Waals surface area contributed by atoms with E-state index in [0.717, 1.165) is 17.0 Å². The minimum atomic E-state index is 0.800. The highest BCUT2D eigenvalue weighted by Crippen LogP contribution is 2.23. The molecule has 0 saturated heterocycles. The van der Waals surface area contributed by atoms with Crippen molar-refractivity contribution in [1.29, 1.82) is 0 Å². The maximum absolute atomic E-state index is 4.22. The van der Waals surface area contributed by atoms with Crippen molar-refractivity contribution < 1.29 is 0 Å². The number of rotatable bonds is 1. The van der Waals surface area contributed by atoms with Crippen LogP contribution in [0.4, 0.5) is 0 Å². The fourth-order valence-corrected chi connectivity index (χ4v) is 1.91. The molecule has 2 heteroatoms. The molecule has 0 radical (unpaired) electrons. The van der Waals surface area contributed by atoms with Gasteiger partial charge in [-0.1, -0.05) is 36.4 Å². The number of aromatic nitrogens is 2. The SMILES string of the molecule is Cc1ncc(-c2ccc3ccccc3c2)cn1. The molecule has 2 nitrogen and oxygen atoms in total. The zero-order chi connectivity index (χ0) is 11.7. The van der Waals surface area contributed by atoms with Crippen LogP contribution in [-0.4, -0.2) is 9.97 Å². The minimum Gasteiger partial charge on any atom is -0.241 e. The molecule has 0 amide bonds. The molecule has 0 atom stereocenters. The average Bonchev–Trinajstić information content (AvgIpc) is 2.39. The quantitative estimate of drug-likeness (QED) is 0.626. The molecule has 0 saturated carbocycles. The Labute approximate surface area is 100.0 Å². The lowest BCUT2D eigenvalue weighted by atomic mass is 10.0. The summed E-state index contributed by atoms with van der Waals surface area (Å²) in [5.74, 6) is 0.800. The summed E-state index contributed by atoms with van der Waals surface area (Å²) in [6.07, 6.45) is 3.74. The number of aryl methyl sites for hydroxylation is 1. The van der Waals surface area contributed by atoms with E-state index in [-0.39, 0.29) is 0 Å². The monoisotopic (exact) mass is 220 g/mol. The summed E-state index contributed by atoms with van der Waals surface area (Å²) in [6, 6.07) is 14.7. The van der Waals surface area contributed by atoms with Crippen LogP contribution >= 0.6 is 0 Å². The van der Waals surface area contributed by atoms with Crippen molar-refractivity contribution in [1.82, 2.24) is 9.97 Å². The zero-order valence-corrected chi connectivity index (χ0v) is 9.59. The van der Waals surface area contributed by atoms with E-state index in [4.69, 9.17) is 0 Å². The number of benzene rings is 2. The Hall–Kier alpha value is -2.22. The molecule has 1 aromatic heterocycles. The number of hydrogen-bond donors (Lipinski definition) is 0. The molecule has 0 aliphatic rings. The molecular weight excluding hydrogens is 208 g/mol. The molecule has 0 N–H and O–H groups in total. The number of hydrogen-bond acceptors (Lipinski definition) is 2. The van der Waals surface area contributed by atoms with Crippen molar-refractivity contribution >= 4 is 10.8 Å². The molecule has 0 fully saturated rings. The number of fused-ring (bicyclic) bond motifs is 1. The Morgan fingerprint density at radius 1 is 0.765 bits per heavy atom. The van der Waals surface area contributed by atoms with E-state index in [9.17, 15) is 0 Å². The summed E-state index contributed by atoms with van der Waals surface area (Å²) in [4.78, 5) is 8.45. The lowest BCUT2D eigenvalue weighted by Crippen LogP contribution is -1.87. The van der Waals surface area contributed by atoms with Crippen LogP contribution in [0.25, 0.3) is 21.9 Å². The summed E-state index contributed by atoms with van der Waals surface area (Å²) in [5.41, 5.74) is 2.21. The van der Waals surface area contributed by atoms with E-state index >= 15 is 0 Å². The smallest absolute Gasteiger partial charge is 0.125 e. The molecule has 0 spiro atoms. The Bertz CT molecular complexity index is 657. The van der Waals surface area contributed by atoms with Crippen LogP contribution in [0.1, 0.15) is 5.82 Å². The topological polar surface area (TPSA) is 25.8 Å². The van der Waals surface area contributed by atoms with Crippen LogP contribution in [0.3, 0.4) is 0 Å². The zero-order valence-electron chi connectivity index (χ0n) is 9.59. The fourth-order valence-electron chi connectivity index (χ4n) is 1.91. The summed E-state index contributed by atoms with van der Waals surface area (Å²) in [7, 11) is 0. The van der Waals surface area contributed by atoms with E-state index in [1.807, 2.05) is 19.3 Å². The Morgan fingerprint density at radius 2 is 1.47 bits per heavy atom. The first kappa shape index (κ1) is 9.97. The lowest BCUT2D eigenvalue weighted by molar-refractivity contribution is 1.06. The molecule has 2 aromatic carbocycles. The van der Waals surface area contributed by atoms with Gasteiger partial charge >= 0.3 is 0 Å². The van der Waals surface area contributed by atoms with Crippen molar-refractivity contribution in [3.8, 4) is 11.1 Å². The van der Waals surface area contributed by atoms with Gasteiger partial charge in [-0.25, -0.2) is 9.97 Å². The van der Waals surface area contributed by atoms with Gasteiger partial charge in [-0.15, -0.1) is 0 Å². The Kier molecular flexibility index (Phi) is 2.33. The molecule has 0 aliphatic heterocycles. The second-order valence-corrected chi connectivity index (χ2v) is 4.08. The molecule has 17 heavy (non-hydrogen) atoms. The first-order chi connectivity index (χ1) is 8.33. The minimum absolute atomic E-state index is 0.800. The van der Waals surface area contributed by atoms with Gasteiger partial charge in [0.15, 0.2) is 0 Å². The van der Waals surface area contributed by atoms with Crippen molar-refractivity contribution in [3.63, 3.8) is 0 Å². The third kappa shape index (κ3) is 1.89. The van der Waals surface area contributed by atoms with Crippen molar-refractivity contribution in [2.75, 3.05) is 0 Å². The molecule has 3 rings (SSSR count). The molecule has 0 unspecified atom stereocenters. The lowest BCUT2D eigenvalue weighted by Gasteiger charge is -2.03. The molecule has 0 bridgehead atoms. The summed E-state index contributed by atoms with van der Waals surface area (Å²) in [5, 5.41) is 2.50. The third-order valence-corrected chi connectivity index (χ3v) is 2.86. The van der Waals surface area contributed by atoms with Gasteiger partial charge in [0, 0.05) is 18.0 Å². The fraction of sp³-hybridized carbons (Fsp3) is 0.0667. The van der Waals surface area contributed by atoms with Crippen molar-refractivity contribution in [2.45, 2.75) is 6.92 Å². The van der Waals surface area contributed by atoms with Crippen LogP contribution in [0.2, 0.25) is 0 Å². The molecule has 3 aromatic rings. The van der Waals surface area contributed by atoms with Gasteiger partial charge < -0.3 is 0 Å². The highest BCUT2D eigenvalue weighted by molar-refractivity contribution is 5.87.